The van der Waals surface area contributed by atoms with Gasteiger partial charge in [0.15, 0.2) is 9.60 Å². The summed E-state index contributed by atoms with van der Waals surface area (Å²) < 4.78 is 1.46. The van der Waals surface area contributed by atoms with Gasteiger partial charge in [-0.3, -0.25) is 4.98 Å². The molecule has 0 fully saturated rings. The second-order valence-corrected chi connectivity index (χ2v) is 7.32. The Balaban J connectivity index is 0.000000173. The van der Waals surface area contributed by atoms with Gasteiger partial charge in [-0.25, -0.2) is 4.79 Å². The van der Waals surface area contributed by atoms with Crippen LogP contribution in [0, 0.1) is 6.92 Å². The maximum atomic E-state index is 10.2. The molecular formula is C21H18NO2S+. The number of aromatic carboxylic acids is 1. The summed E-state index contributed by atoms with van der Waals surface area (Å²) in [6.07, 6.45) is 2.84. The van der Waals surface area contributed by atoms with Crippen molar-refractivity contribution in [2.75, 3.05) is 0 Å². The minimum atomic E-state index is -0.942. The molecule has 0 aliphatic carbocycles. The summed E-state index contributed by atoms with van der Waals surface area (Å²) in [5, 5.41) is 12.1. The van der Waals surface area contributed by atoms with Crippen LogP contribution in [-0.4, -0.2) is 16.1 Å². The molecule has 0 radical (unpaired) electrons. The van der Waals surface area contributed by atoms with Gasteiger partial charge < -0.3 is 5.11 Å². The second-order valence-electron chi connectivity index (χ2n) is 5.49. The Labute approximate surface area is 149 Å². The van der Waals surface area contributed by atoms with E-state index in [1.165, 1.54) is 39.0 Å². The van der Waals surface area contributed by atoms with Crippen LogP contribution in [0.25, 0.3) is 15.0 Å². The van der Waals surface area contributed by atoms with E-state index in [2.05, 4.69) is 71.9 Å². The standard InChI is InChI=1S/C15H13S.C6H5NO2/c1-12-11-16(13-7-3-2-4-8-13)15-10-6-5-9-14(12)15;8-6(9)5-2-1-3-7-4-5/h2-11H,1H3;1-4H,(H,8,9)/q+1;. The summed E-state index contributed by atoms with van der Waals surface area (Å²) in [4.78, 5) is 15.2. The van der Waals surface area contributed by atoms with Crippen LogP contribution in [0.2, 0.25) is 0 Å². The number of aryl methyl sites for hydroxylation is 1. The van der Waals surface area contributed by atoms with Crippen molar-refractivity contribution in [2.45, 2.75) is 6.92 Å². The highest BCUT2D eigenvalue weighted by atomic mass is 32.2. The van der Waals surface area contributed by atoms with Gasteiger partial charge in [0, 0.05) is 33.8 Å². The lowest BCUT2D eigenvalue weighted by molar-refractivity contribution is 0.0696. The number of carboxylic acid groups (broad SMARTS) is 1. The Hall–Kier alpha value is -2.98. The quantitative estimate of drug-likeness (QED) is 0.475. The van der Waals surface area contributed by atoms with Gasteiger partial charge in [0.2, 0.25) is 0 Å². The van der Waals surface area contributed by atoms with Crippen LogP contribution in [0.5, 0.6) is 0 Å². The fourth-order valence-electron chi connectivity index (χ4n) is 2.54. The number of hydrogen-bond acceptors (Lipinski definition) is 2. The first kappa shape index (κ1) is 16.9. The number of pyridine rings is 1. The monoisotopic (exact) mass is 348 g/mol. The highest BCUT2D eigenvalue weighted by molar-refractivity contribution is 7.43. The minimum Gasteiger partial charge on any atom is -0.478 e. The zero-order chi connectivity index (χ0) is 17.6. The van der Waals surface area contributed by atoms with E-state index in [1.807, 2.05) is 0 Å². The van der Waals surface area contributed by atoms with Gasteiger partial charge in [-0.15, -0.1) is 0 Å². The molecule has 4 aromatic rings. The first-order valence-electron chi connectivity index (χ1n) is 7.86. The smallest absolute Gasteiger partial charge is 0.337 e. The van der Waals surface area contributed by atoms with Crippen LogP contribution < -0.4 is 0 Å². The minimum absolute atomic E-state index is 0.142. The summed E-state index contributed by atoms with van der Waals surface area (Å²) in [5.41, 5.74) is 1.63. The molecule has 1 N–H and O–H groups in total. The average Bonchev–Trinajstić information content (AvgIpc) is 3.01. The fraction of sp³-hybridized carbons (Fsp3) is 0.0476. The number of thiophene rings is 1. The number of nitrogens with zero attached hydrogens (tertiary/aromatic N) is 1. The Morgan fingerprint density at radius 2 is 1.68 bits per heavy atom. The molecule has 0 saturated carbocycles. The number of carboxylic acids is 1. The third-order valence-corrected chi connectivity index (χ3v) is 5.95. The van der Waals surface area contributed by atoms with Crippen molar-refractivity contribution >= 4 is 26.5 Å². The SMILES string of the molecule is Cc1c[s+](-c2ccccc2)c2ccccc12.O=C(O)c1cccnc1. The van der Waals surface area contributed by atoms with Crippen molar-refractivity contribution in [2.24, 2.45) is 0 Å². The van der Waals surface area contributed by atoms with Crippen LogP contribution in [0.1, 0.15) is 15.9 Å². The number of fused-ring (bicyclic) bond motifs is 1. The summed E-state index contributed by atoms with van der Waals surface area (Å²) >= 11 is 0. The Morgan fingerprint density at radius 1 is 0.960 bits per heavy atom. The third-order valence-electron chi connectivity index (χ3n) is 3.75. The van der Waals surface area contributed by atoms with Crippen molar-refractivity contribution in [3.8, 4) is 4.90 Å². The van der Waals surface area contributed by atoms with E-state index in [9.17, 15) is 4.79 Å². The lowest BCUT2D eigenvalue weighted by Crippen LogP contribution is -1.94. The number of aromatic nitrogens is 1. The molecule has 0 bridgehead atoms. The van der Waals surface area contributed by atoms with Crippen molar-refractivity contribution < 1.29 is 9.90 Å². The van der Waals surface area contributed by atoms with Crippen LogP contribution in [-0.2, 0) is 0 Å². The maximum Gasteiger partial charge on any atom is 0.337 e. The predicted octanol–water partition coefficient (Wildman–Crippen LogP) is 5.67. The molecule has 4 heteroatoms. The molecule has 25 heavy (non-hydrogen) atoms. The predicted molar refractivity (Wildman–Crippen MR) is 104 cm³/mol. The molecule has 2 aromatic carbocycles. The van der Waals surface area contributed by atoms with Crippen LogP contribution in [0.3, 0.4) is 0 Å². The molecule has 0 aliphatic heterocycles. The summed E-state index contributed by atoms with van der Waals surface area (Å²) in [5.74, 6) is -0.942. The molecule has 0 amide bonds. The Kier molecular flexibility index (Phi) is 5.21. The maximum absolute atomic E-state index is 10.2. The van der Waals surface area contributed by atoms with Crippen LogP contribution in [0.4, 0.5) is 0 Å². The zero-order valence-corrected chi connectivity index (χ0v) is 14.6. The van der Waals surface area contributed by atoms with Crippen LogP contribution in [0.15, 0.2) is 84.5 Å². The van der Waals surface area contributed by atoms with E-state index in [0.29, 0.717) is 0 Å². The van der Waals surface area contributed by atoms with E-state index in [4.69, 9.17) is 5.11 Å². The molecular weight excluding hydrogens is 330 g/mol. The van der Waals surface area contributed by atoms with E-state index in [1.54, 1.807) is 6.07 Å². The van der Waals surface area contributed by atoms with Crippen LogP contribution >= 0.6 is 10.5 Å². The Bertz CT molecular complexity index is 979. The van der Waals surface area contributed by atoms with E-state index in [0.717, 1.165) is 0 Å². The lowest BCUT2D eigenvalue weighted by Gasteiger charge is -1.89. The van der Waals surface area contributed by atoms with Gasteiger partial charge in [-0.2, -0.15) is 0 Å². The number of hydrogen-bond donors (Lipinski definition) is 1. The highest BCUT2D eigenvalue weighted by Gasteiger charge is 2.17. The molecule has 0 spiro atoms. The lowest BCUT2D eigenvalue weighted by atomic mass is 10.2. The van der Waals surface area contributed by atoms with Gasteiger partial charge in [0.05, 0.1) is 5.56 Å². The molecule has 0 saturated heterocycles. The normalized spacial score (nSPS) is 10.8. The van der Waals surface area contributed by atoms with Crippen molar-refractivity contribution in [3.05, 3.63) is 95.6 Å². The van der Waals surface area contributed by atoms with Gasteiger partial charge in [0.1, 0.15) is 5.38 Å². The first-order chi connectivity index (χ1) is 12.2. The Morgan fingerprint density at radius 3 is 2.32 bits per heavy atom. The molecule has 3 nitrogen and oxygen atoms in total. The third kappa shape index (κ3) is 3.92. The van der Waals surface area contributed by atoms with Crippen molar-refractivity contribution in [1.82, 2.24) is 4.98 Å². The fourth-order valence-corrected chi connectivity index (χ4v) is 4.68. The molecule has 4 rings (SSSR count). The molecule has 1 atom stereocenters. The highest BCUT2D eigenvalue weighted by Crippen LogP contribution is 2.41. The molecule has 124 valence electrons. The van der Waals surface area contributed by atoms with Crippen molar-refractivity contribution in [3.63, 3.8) is 0 Å². The summed E-state index contributed by atoms with van der Waals surface area (Å²) in [6, 6.07) is 22.5. The van der Waals surface area contributed by atoms with E-state index < -0.39 is 5.97 Å². The zero-order valence-electron chi connectivity index (χ0n) is 13.8. The summed E-state index contributed by atoms with van der Waals surface area (Å²) in [7, 11) is 0.142. The second kappa shape index (κ2) is 7.73. The largest absolute Gasteiger partial charge is 0.478 e. The molecule has 1 unspecified atom stereocenters. The van der Waals surface area contributed by atoms with E-state index in [-0.39, 0.29) is 16.0 Å². The van der Waals surface area contributed by atoms with Gasteiger partial charge in [-0.1, -0.05) is 30.3 Å². The number of rotatable bonds is 2. The number of carbonyl (C=O) groups is 1. The van der Waals surface area contributed by atoms with Gasteiger partial charge >= 0.3 is 5.97 Å². The average molecular weight is 348 g/mol. The summed E-state index contributed by atoms with van der Waals surface area (Å²) in [6.45, 7) is 2.20. The molecule has 2 aromatic heterocycles. The van der Waals surface area contributed by atoms with Gasteiger partial charge in [-0.05, 0) is 43.3 Å². The molecule has 0 aliphatic rings. The number of benzene rings is 2. The van der Waals surface area contributed by atoms with E-state index >= 15 is 0 Å². The van der Waals surface area contributed by atoms with Gasteiger partial charge in [0.25, 0.3) is 0 Å². The molecule has 2 heterocycles. The topological polar surface area (TPSA) is 50.2 Å². The van der Waals surface area contributed by atoms with Crippen molar-refractivity contribution in [1.29, 1.82) is 0 Å². The first-order valence-corrected chi connectivity index (χ1v) is 9.15.